The Morgan fingerprint density at radius 3 is 2.76 bits per heavy atom. The Morgan fingerprint density at radius 1 is 1.09 bits per heavy atom. The number of rotatable bonds is 7. The molecule has 178 valence electrons. The number of fused-ring (bicyclic) bond motifs is 2. The molecule has 5 heterocycles. The molecule has 3 aromatic rings. The third-order valence-electron chi connectivity index (χ3n) is 6.87. The van der Waals surface area contributed by atoms with Crippen molar-refractivity contribution in [1.82, 2.24) is 29.8 Å². The molecule has 6 rings (SSSR count). The third-order valence-corrected chi connectivity index (χ3v) is 7.81. The lowest BCUT2D eigenvalue weighted by Crippen LogP contribution is -2.36. The van der Waals surface area contributed by atoms with Gasteiger partial charge in [-0.3, -0.25) is 9.88 Å². The molecule has 3 aromatic heterocycles. The first-order valence-electron chi connectivity index (χ1n) is 12.2. The summed E-state index contributed by atoms with van der Waals surface area (Å²) in [6.07, 6.45) is 13.3. The van der Waals surface area contributed by atoms with Crippen molar-refractivity contribution in [3.63, 3.8) is 0 Å². The molecule has 34 heavy (non-hydrogen) atoms. The van der Waals surface area contributed by atoms with Crippen molar-refractivity contribution in [2.45, 2.75) is 70.2 Å². The summed E-state index contributed by atoms with van der Waals surface area (Å²) in [5.41, 5.74) is 2.82. The number of nitrogens with zero attached hydrogens (tertiary/aromatic N) is 6. The highest BCUT2D eigenvalue weighted by molar-refractivity contribution is 7.18. The summed E-state index contributed by atoms with van der Waals surface area (Å²) in [5, 5.41) is 7.58. The van der Waals surface area contributed by atoms with Gasteiger partial charge in [0.2, 0.25) is 5.95 Å². The van der Waals surface area contributed by atoms with Crippen LogP contribution in [0.15, 0.2) is 24.7 Å². The van der Waals surface area contributed by atoms with E-state index >= 15 is 0 Å². The monoisotopic (exact) mass is 478 g/mol. The van der Waals surface area contributed by atoms with Gasteiger partial charge in [0, 0.05) is 37.1 Å². The maximum absolute atomic E-state index is 5.68. The average Bonchev–Trinajstić information content (AvgIpc) is 3.58. The standard InChI is InChI=1S/C24H30N8OS/c1-15-7-20(30-23(28-15)29-16-5-3-2-4-6-16)21-10-27-24(34-21)31-22-11-25-17(9-26-22)12-32-13-19-8-18(32)14-33-19/h7,9-11,16,18-19H,2-6,8,12-14H2,1H3,(H,26,27,31)(H,28,29,30). The third kappa shape index (κ3) is 4.89. The fourth-order valence-electron chi connectivity index (χ4n) is 5.13. The van der Waals surface area contributed by atoms with Crippen LogP contribution >= 0.6 is 11.3 Å². The summed E-state index contributed by atoms with van der Waals surface area (Å²) < 4.78 is 5.68. The van der Waals surface area contributed by atoms with Gasteiger partial charge in [0.05, 0.1) is 41.4 Å². The molecule has 2 N–H and O–H groups in total. The van der Waals surface area contributed by atoms with Gasteiger partial charge in [-0.05, 0) is 32.3 Å². The molecule has 10 heteroatoms. The topological polar surface area (TPSA) is 101 Å². The smallest absolute Gasteiger partial charge is 0.223 e. The number of anilines is 3. The van der Waals surface area contributed by atoms with Crippen molar-refractivity contribution in [1.29, 1.82) is 0 Å². The predicted molar refractivity (Wildman–Crippen MR) is 132 cm³/mol. The van der Waals surface area contributed by atoms with Crippen LogP contribution < -0.4 is 10.6 Å². The molecular formula is C24H30N8OS. The second-order valence-electron chi connectivity index (χ2n) is 9.52. The van der Waals surface area contributed by atoms with Crippen LogP contribution in [-0.2, 0) is 11.3 Å². The Kier molecular flexibility index (Phi) is 6.11. The largest absolute Gasteiger partial charge is 0.375 e. The maximum Gasteiger partial charge on any atom is 0.223 e. The number of aryl methyl sites for hydroxylation is 1. The van der Waals surface area contributed by atoms with Crippen LogP contribution in [0.25, 0.3) is 10.6 Å². The van der Waals surface area contributed by atoms with E-state index in [4.69, 9.17) is 9.72 Å². The fourth-order valence-corrected chi connectivity index (χ4v) is 5.91. The lowest BCUT2D eigenvalue weighted by Gasteiger charge is -2.25. The summed E-state index contributed by atoms with van der Waals surface area (Å²) in [5.74, 6) is 1.40. The van der Waals surface area contributed by atoms with E-state index in [9.17, 15) is 0 Å². The van der Waals surface area contributed by atoms with Gasteiger partial charge in [-0.1, -0.05) is 30.6 Å². The van der Waals surface area contributed by atoms with Crippen molar-refractivity contribution in [2.24, 2.45) is 0 Å². The number of hydrogen-bond donors (Lipinski definition) is 2. The van der Waals surface area contributed by atoms with E-state index in [2.05, 4.69) is 35.5 Å². The van der Waals surface area contributed by atoms with Gasteiger partial charge >= 0.3 is 0 Å². The summed E-state index contributed by atoms with van der Waals surface area (Å²) in [4.78, 5) is 26.5. The van der Waals surface area contributed by atoms with Crippen molar-refractivity contribution in [3.8, 4) is 10.6 Å². The second-order valence-corrected chi connectivity index (χ2v) is 10.6. The van der Waals surface area contributed by atoms with E-state index in [1.54, 1.807) is 17.5 Å². The zero-order valence-electron chi connectivity index (χ0n) is 19.4. The average molecular weight is 479 g/mol. The molecule has 2 aliphatic heterocycles. The molecule has 2 saturated heterocycles. The first-order chi connectivity index (χ1) is 16.7. The SMILES string of the molecule is Cc1cc(-c2cnc(Nc3cnc(CN4CC5CC4CO5)cn3)s2)nc(NC2CCCCC2)n1. The van der Waals surface area contributed by atoms with Gasteiger partial charge in [0.1, 0.15) is 0 Å². The molecule has 9 nitrogen and oxygen atoms in total. The normalized spacial score (nSPS) is 22.9. The van der Waals surface area contributed by atoms with E-state index in [1.807, 2.05) is 25.4 Å². The number of hydrogen-bond acceptors (Lipinski definition) is 10. The fraction of sp³-hybridized carbons (Fsp3) is 0.542. The van der Waals surface area contributed by atoms with Crippen LogP contribution in [-0.4, -0.2) is 61.2 Å². The van der Waals surface area contributed by atoms with Gasteiger partial charge in [0.15, 0.2) is 10.9 Å². The number of nitrogens with one attached hydrogen (secondary N) is 2. The van der Waals surface area contributed by atoms with Crippen LogP contribution in [0.4, 0.5) is 16.9 Å². The first kappa shape index (κ1) is 21.8. The van der Waals surface area contributed by atoms with Gasteiger partial charge in [-0.2, -0.15) is 0 Å². The second kappa shape index (κ2) is 9.52. The van der Waals surface area contributed by atoms with E-state index in [0.29, 0.717) is 30.0 Å². The lowest BCUT2D eigenvalue weighted by atomic mass is 9.96. The minimum absolute atomic E-state index is 0.399. The summed E-state index contributed by atoms with van der Waals surface area (Å²) in [6, 6.07) is 3.01. The van der Waals surface area contributed by atoms with Crippen LogP contribution in [0.1, 0.15) is 49.9 Å². The molecule has 2 unspecified atom stereocenters. The highest BCUT2D eigenvalue weighted by Gasteiger charge is 2.38. The van der Waals surface area contributed by atoms with E-state index in [0.717, 1.165) is 53.2 Å². The number of aromatic nitrogens is 5. The quantitative estimate of drug-likeness (QED) is 0.518. The molecule has 0 spiro atoms. The van der Waals surface area contributed by atoms with Crippen molar-refractivity contribution in [2.75, 3.05) is 23.8 Å². The van der Waals surface area contributed by atoms with Crippen LogP contribution in [0.2, 0.25) is 0 Å². The number of thiazole rings is 1. The Morgan fingerprint density at radius 2 is 2.00 bits per heavy atom. The Balaban J connectivity index is 1.10. The summed E-state index contributed by atoms with van der Waals surface area (Å²) in [7, 11) is 0. The minimum atomic E-state index is 0.399. The molecule has 0 radical (unpaired) electrons. The molecule has 1 aliphatic carbocycles. The molecule has 2 atom stereocenters. The van der Waals surface area contributed by atoms with Crippen LogP contribution in [0.5, 0.6) is 0 Å². The van der Waals surface area contributed by atoms with Gasteiger partial charge in [-0.15, -0.1) is 0 Å². The van der Waals surface area contributed by atoms with E-state index < -0.39 is 0 Å². The Bertz CT molecular complexity index is 1130. The summed E-state index contributed by atoms with van der Waals surface area (Å²) in [6.45, 7) is 4.67. The van der Waals surface area contributed by atoms with Crippen molar-refractivity contribution >= 4 is 28.2 Å². The molecular weight excluding hydrogens is 448 g/mol. The van der Waals surface area contributed by atoms with Crippen molar-refractivity contribution in [3.05, 3.63) is 36.0 Å². The molecule has 1 saturated carbocycles. The van der Waals surface area contributed by atoms with Gasteiger partial charge in [-0.25, -0.2) is 19.9 Å². The summed E-state index contributed by atoms with van der Waals surface area (Å²) >= 11 is 1.55. The predicted octanol–water partition coefficient (Wildman–Crippen LogP) is 4.16. The number of morpholine rings is 1. The first-order valence-corrected chi connectivity index (χ1v) is 13.0. The molecule has 3 aliphatic rings. The Hall–Kier alpha value is -2.69. The van der Waals surface area contributed by atoms with Gasteiger partial charge in [0.25, 0.3) is 0 Å². The lowest BCUT2D eigenvalue weighted by molar-refractivity contribution is 0.0268. The molecule has 0 aromatic carbocycles. The zero-order valence-corrected chi connectivity index (χ0v) is 20.2. The highest BCUT2D eigenvalue weighted by Crippen LogP contribution is 2.31. The number of ether oxygens (including phenoxy) is 1. The van der Waals surface area contributed by atoms with E-state index in [-0.39, 0.29) is 0 Å². The van der Waals surface area contributed by atoms with E-state index in [1.165, 1.54) is 32.1 Å². The van der Waals surface area contributed by atoms with Crippen molar-refractivity contribution < 1.29 is 4.74 Å². The highest BCUT2D eigenvalue weighted by atomic mass is 32.1. The Labute approximate surface area is 203 Å². The van der Waals surface area contributed by atoms with Crippen LogP contribution in [0, 0.1) is 6.92 Å². The number of likely N-dealkylation sites (tertiary alicyclic amines) is 1. The zero-order chi connectivity index (χ0) is 22.9. The maximum atomic E-state index is 5.68. The van der Waals surface area contributed by atoms with Crippen LogP contribution in [0.3, 0.4) is 0 Å². The minimum Gasteiger partial charge on any atom is -0.375 e. The van der Waals surface area contributed by atoms with Gasteiger partial charge < -0.3 is 15.4 Å². The molecule has 2 bridgehead atoms. The molecule has 0 amide bonds. The molecule has 3 fully saturated rings.